The highest BCUT2D eigenvalue weighted by atomic mass is 19.1. The maximum Gasteiger partial charge on any atom is 0.128 e. The van der Waals surface area contributed by atoms with Gasteiger partial charge in [-0.2, -0.15) is 5.26 Å². The zero-order chi connectivity index (χ0) is 17.6. The molecule has 2 aromatic rings. The Morgan fingerprint density at radius 2 is 1.40 bits per heavy atom. The molecule has 0 bridgehead atoms. The van der Waals surface area contributed by atoms with E-state index in [1.54, 1.807) is 36.4 Å². The lowest BCUT2D eigenvalue weighted by Gasteiger charge is -2.39. The molecule has 0 N–H and O–H groups in total. The van der Waals surface area contributed by atoms with Gasteiger partial charge in [0.15, 0.2) is 0 Å². The average molecular weight is 341 g/mol. The van der Waals surface area contributed by atoms with E-state index in [4.69, 9.17) is 5.26 Å². The van der Waals surface area contributed by atoms with E-state index in [9.17, 15) is 8.78 Å². The molecule has 5 heteroatoms. The van der Waals surface area contributed by atoms with E-state index in [2.05, 4.69) is 15.9 Å². The summed E-state index contributed by atoms with van der Waals surface area (Å²) in [5, 5.41) is 8.73. The number of rotatable bonds is 5. The van der Waals surface area contributed by atoms with Crippen molar-refractivity contribution < 1.29 is 8.78 Å². The first-order valence-electron chi connectivity index (χ1n) is 8.53. The van der Waals surface area contributed by atoms with E-state index < -0.39 is 6.04 Å². The van der Waals surface area contributed by atoms with E-state index in [0.29, 0.717) is 30.6 Å². The van der Waals surface area contributed by atoms with Gasteiger partial charge in [0.1, 0.15) is 11.6 Å². The number of hydrogen-bond donors (Lipinski definition) is 0. The monoisotopic (exact) mass is 341 g/mol. The van der Waals surface area contributed by atoms with Gasteiger partial charge < -0.3 is 0 Å². The van der Waals surface area contributed by atoms with Gasteiger partial charge in [-0.05, 0) is 12.1 Å². The molecule has 25 heavy (non-hydrogen) atoms. The number of hydrogen-bond acceptors (Lipinski definition) is 3. The van der Waals surface area contributed by atoms with Crippen molar-refractivity contribution in [2.24, 2.45) is 0 Å². The average Bonchev–Trinajstić information content (AvgIpc) is 2.64. The van der Waals surface area contributed by atoms with Crippen molar-refractivity contribution in [1.29, 1.82) is 5.26 Å². The molecule has 1 aliphatic heterocycles. The zero-order valence-corrected chi connectivity index (χ0v) is 14.0. The van der Waals surface area contributed by atoms with Crippen LogP contribution in [-0.4, -0.2) is 42.5 Å². The van der Waals surface area contributed by atoms with Gasteiger partial charge in [0, 0.05) is 50.3 Å². The molecule has 0 spiro atoms. The molecule has 0 unspecified atom stereocenters. The second-order valence-corrected chi connectivity index (χ2v) is 6.23. The number of halogens is 2. The van der Waals surface area contributed by atoms with Crippen molar-refractivity contribution >= 4 is 0 Å². The largest absolute Gasteiger partial charge is 0.300 e. The van der Waals surface area contributed by atoms with Gasteiger partial charge >= 0.3 is 0 Å². The Bertz CT molecular complexity index is 703. The smallest absolute Gasteiger partial charge is 0.128 e. The first-order valence-corrected chi connectivity index (χ1v) is 8.53. The summed E-state index contributed by atoms with van der Waals surface area (Å²) in [6, 6.07) is 14.9. The van der Waals surface area contributed by atoms with E-state index >= 15 is 0 Å². The summed E-state index contributed by atoms with van der Waals surface area (Å²) in [5.74, 6) is -0.634. The van der Waals surface area contributed by atoms with Gasteiger partial charge in [-0.3, -0.25) is 9.80 Å². The Balaban J connectivity index is 1.88. The van der Waals surface area contributed by atoms with Crippen molar-refractivity contribution in [3.8, 4) is 6.07 Å². The molecule has 0 radical (unpaired) electrons. The molecular weight excluding hydrogens is 320 g/mol. The molecule has 0 amide bonds. The standard InChI is InChI=1S/C20H21F2N3/c21-18-8-3-1-6-16(18)20(17-7-2-4-9-19(17)22)25-14-12-24(13-15-25)11-5-10-23/h1-4,6-9,20H,5,11-15H2. The molecule has 2 aromatic carbocycles. The Morgan fingerprint density at radius 3 is 1.88 bits per heavy atom. The lowest BCUT2D eigenvalue weighted by atomic mass is 9.95. The molecule has 1 saturated heterocycles. The summed E-state index contributed by atoms with van der Waals surface area (Å²) >= 11 is 0. The molecule has 0 saturated carbocycles. The molecule has 3 rings (SSSR count). The molecule has 1 heterocycles. The van der Waals surface area contributed by atoms with E-state index in [0.717, 1.165) is 19.6 Å². The van der Waals surface area contributed by atoms with Crippen molar-refractivity contribution in [2.75, 3.05) is 32.7 Å². The minimum atomic E-state index is -0.444. The topological polar surface area (TPSA) is 30.3 Å². The normalized spacial score (nSPS) is 16.1. The Kier molecular flexibility index (Phi) is 5.75. The highest BCUT2D eigenvalue weighted by molar-refractivity contribution is 5.34. The van der Waals surface area contributed by atoms with Crippen LogP contribution in [0.2, 0.25) is 0 Å². The number of piperazine rings is 1. The fourth-order valence-electron chi connectivity index (χ4n) is 3.41. The maximum atomic E-state index is 14.5. The van der Waals surface area contributed by atoms with Gasteiger partial charge in [-0.15, -0.1) is 0 Å². The molecule has 0 aromatic heterocycles. The molecule has 1 fully saturated rings. The van der Waals surface area contributed by atoms with Crippen molar-refractivity contribution in [1.82, 2.24) is 9.80 Å². The van der Waals surface area contributed by atoms with Crippen LogP contribution in [0.5, 0.6) is 0 Å². The van der Waals surface area contributed by atoms with Gasteiger partial charge in [0.05, 0.1) is 12.1 Å². The number of nitriles is 1. The molecule has 1 aliphatic rings. The van der Waals surface area contributed by atoms with Crippen LogP contribution in [0.25, 0.3) is 0 Å². The summed E-state index contributed by atoms with van der Waals surface area (Å²) in [7, 11) is 0. The SMILES string of the molecule is N#CCCN1CCN(C(c2ccccc2F)c2ccccc2F)CC1. The highest BCUT2D eigenvalue weighted by Crippen LogP contribution is 2.32. The Labute approximate surface area is 147 Å². The second kappa shape index (κ2) is 8.19. The molecule has 3 nitrogen and oxygen atoms in total. The zero-order valence-electron chi connectivity index (χ0n) is 14.0. The molecule has 130 valence electrons. The molecule has 0 atom stereocenters. The van der Waals surface area contributed by atoms with Gasteiger partial charge in [0.2, 0.25) is 0 Å². The maximum absolute atomic E-state index is 14.5. The minimum absolute atomic E-state index is 0.317. The highest BCUT2D eigenvalue weighted by Gasteiger charge is 2.29. The third-order valence-corrected chi connectivity index (χ3v) is 4.71. The van der Waals surface area contributed by atoms with Crippen LogP contribution in [0.3, 0.4) is 0 Å². The summed E-state index contributed by atoms with van der Waals surface area (Å²) < 4.78 is 28.9. The Hall–Kier alpha value is -2.29. The van der Waals surface area contributed by atoms with E-state index in [1.807, 2.05) is 0 Å². The summed E-state index contributed by atoms with van der Waals surface area (Å²) in [5.41, 5.74) is 0.996. The molecular formula is C20H21F2N3. The summed E-state index contributed by atoms with van der Waals surface area (Å²) in [6.45, 7) is 3.74. The van der Waals surface area contributed by atoms with Gasteiger partial charge in [-0.25, -0.2) is 8.78 Å². The van der Waals surface area contributed by atoms with Crippen LogP contribution in [-0.2, 0) is 0 Å². The van der Waals surface area contributed by atoms with Crippen molar-refractivity contribution in [3.63, 3.8) is 0 Å². The third kappa shape index (κ3) is 4.04. The summed E-state index contributed by atoms with van der Waals surface area (Å²) in [4.78, 5) is 4.35. The number of nitrogens with zero attached hydrogens (tertiary/aromatic N) is 3. The van der Waals surface area contributed by atoms with Crippen molar-refractivity contribution in [3.05, 3.63) is 71.3 Å². The van der Waals surface area contributed by atoms with Gasteiger partial charge in [0.25, 0.3) is 0 Å². The van der Waals surface area contributed by atoms with Crippen LogP contribution in [0.4, 0.5) is 8.78 Å². The predicted molar refractivity (Wildman–Crippen MR) is 92.9 cm³/mol. The van der Waals surface area contributed by atoms with E-state index in [1.165, 1.54) is 12.1 Å². The van der Waals surface area contributed by atoms with Crippen LogP contribution < -0.4 is 0 Å². The lowest BCUT2D eigenvalue weighted by Crippen LogP contribution is -2.48. The van der Waals surface area contributed by atoms with Gasteiger partial charge in [-0.1, -0.05) is 36.4 Å². The van der Waals surface area contributed by atoms with Crippen LogP contribution >= 0.6 is 0 Å². The van der Waals surface area contributed by atoms with Crippen molar-refractivity contribution in [2.45, 2.75) is 12.5 Å². The van der Waals surface area contributed by atoms with Crippen LogP contribution in [0.1, 0.15) is 23.6 Å². The first-order chi connectivity index (χ1) is 12.2. The fraction of sp³-hybridized carbons (Fsp3) is 0.350. The third-order valence-electron chi connectivity index (χ3n) is 4.71. The molecule has 0 aliphatic carbocycles. The number of benzene rings is 2. The predicted octanol–water partition coefficient (Wildman–Crippen LogP) is 3.59. The van der Waals surface area contributed by atoms with E-state index in [-0.39, 0.29) is 11.6 Å². The Morgan fingerprint density at radius 1 is 0.880 bits per heavy atom. The minimum Gasteiger partial charge on any atom is -0.300 e. The summed E-state index contributed by atoms with van der Waals surface area (Å²) in [6.07, 6.45) is 0.504. The first kappa shape index (κ1) is 17.5. The second-order valence-electron chi connectivity index (χ2n) is 6.23. The van der Waals surface area contributed by atoms with Crippen LogP contribution in [0, 0.1) is 23.0 Å². The lowest BCUT2D eigenvalue weighted by molar-refractivity contribution is 0.108. The quantitative estimate of drug-likeness (QED) is 0.833. The fourth-order valence-corrected chi connectivity index (χ4v) is 3.41. The van der Waals surface area contributed by atoms with Crippen LogP contribution in [0.15, 0.2) is 48.5 Å².